The van der Waals surface area contributed by atoms with Crippen molar-refractivity contribution >= 4 is 35.9 Å². The molecule has 142 valence electrons. The molecule has 1 N–H and O–H groups in total. The van der Waals surface area contributed by atoms with E-state index in [1.807, 2.05) is 77.1 Å². The zero-order valence-corrected chi connectivity index (χ0v) is 19.0. The first kappa shape index (κ1) is 21.4. The quantitative estimate of drug-likeness (QED) is 0.331. The fraction of sp³-hybridized carbons (Fsp3) is 0.400. The van der Waals surface area contributed by atoms with Gasteiger partial charge < -0.3 is 14.4 Å². The lowest BCUT2D eigenvalue weighted by atomic mass is 10.2. The second-order valence-corrected chi connectivity index (χ2v) is 10.0. The fourth-order valence-corrected chi connectivity index (χ4v) is 5.60. The van der Waals surface area contributed by atoms with Crippen LogP contribution in [0.15, 0.2) is 48.5 Å². The molecule has 0 aliphatic rings. The predicted molar refractivity (Wildman–Crippen MR) is 117 cm³/mol. The van der Waals surface area contributed by atoms with Crippen molar-refractivity contribution in [2.45, 2.75) is 52.6 Å². The Morgan fingerprint density at radius 1 is 0.962 bits per heavy atom. The number of benzene rings is 2. The first-order chi connectivity index (χ1) is 12.2. The Bertz CT molecular complexity index is 751. The number of anilines is 1. The number of nitrogens with one attached hydrogen (secondary N) is 1. The molecule has 1 unspecified atom stereocenters. The zero-order chi connectivity index (χ0) is 19.3. The van der Waals surface area contributed by atoms with E-state index in [0.717, 1.165) is 20.4 Å². The normalized spacial score (nSPS) is 13.2. The maximum Gasteiger partial charge on any atom is 0.357 e. The van der Waals surface area contributed by atoms with Gasteiger partial charge in [0.15, 0.2) is 5.78 Å². The topological polar surface area (TPSA) is 47.6 Å². The Labute approximate surface area is 170 Å². The molecule has 0 saturated heterocycles. The highest BCUT2D eigenvalue weighted by Crippen LogP contribution is 2.62. The zero-order valence-electron chi connectivity index (χ0n) is 15.9. The molecule has 4 nitrogen and oxygen atoms in total. The van der Waals surface area contributed by atoms with Crippen LogP contribution in [0.1, 0.15) is 44.6 Å². The van der Waals surface area contributed by atoms with Crippen LogP contribution in [0.4, 0.5) is 5.69 Å². The molecule has 0 bridgehead atoms. The molecule has 0 aromatic heterocycles. The first-order valence-corrected chi connectivity index (χ1v) is 11.4. The molecule has 0 fully saturated rings. The Kier molecular flexibility index (Phi) is 7.71. The second-order valence-electron chi connectivity index (χ2n) is 6.76. The van der Waals surface area contributed by atoms with Crippen molar-refractivity contribution in [3.63, 3.8) is 0 Å². The molecule has 0 heterocycles. The Hall–Kier alpha value is -0.880. The van der Waals surface area contributed by atoms with E-state index in [4.69, 9.17) is 9.05 Å². The molecule has 0 radical (unpaired) electrons. The molecular weight excluding hydrogens is 460 g/mol. The van der Waals surface area contributed by atoms with Crippen LogP contribution in [0.25, 0.3) is 0 Å². The van der Waals surface area contributed by atoms with E-state index in [0.29, 0.717) is 0 Å². The van der Waals surface area contributed by atoms with Gasteiger partial charge in [0, 0.05) is 9.26 Å². The van der Waals surface area contributed by atoms with E-state index in [1.165, 1.54) is 0 Å². The third-order valence-corrected chi connectivity index (χ3v) is 6.79. The van der Waals surface area contributed by atoms with E-state index >= 15 is 0 Å². The van der Waals surface area contributed by atoms with E-state index in [2.05, 4.69) is 34.0 Å². The van der Waals surface area contributed by atoms with E-state index in [1.54, 1.807) is 0 Å². The summed E-state index contributed by atoms with van der Waals surface area (Å²) in [6, 6.07) is 15.8. The van der Waals surface area contributed by atoms with Gasteiger partial charge >= 0.3 is 7.60 Å². The monoisotopic (exact) mass is 487 g/mol. The predicted octanol–water partition coefficient (Wildman–Crippen LogP) is 6.75. The van der Waals surface area contributed by atoms with Crippen molar-refractivity contribution in [3.05, 3.63) is 63.2 Å². The lowest BCUT2D eigenvalue weighted by molar-refractivity contribution is 0.138. The van der Waals surface area contributed by atoms with Crippen molar-refractivity contribution in [1.82, 2.24) is 0 Å². The molecule has 2 aromatic rings. The lowest BCUT2D eigenvalue weighted by Gasteiger charge is -2.31. The molecule has 26 heavy (non-hydrogen) atoms. The van der Waals surface area contributed by atoms with Crippen molar-refractivity contribution < 1.29 is 13.6 Å². The molecule has 0 aliphatic carbocycles. The summed E-state index contributed by atoms with van der Waals surface area (Å²) in [4.78, 5) is 0. The van der Waals surface area contributed by atoms with Gasteiger partial charge in [0.2, 0.25) is 0 Å². The number of rotatable bonds is 8. The SMILES string of the molecule is Cc1cc(I)ccc1NC(c1ccccc1)P(=O)(OC(C)C)OC(C)C. The Morgan fingerprint density at radius 2 is 1.54 bits per heavy atom. The summed E-state index contributed by atoms with van der Waals surface area (Å²) in [7, 11) is -3.47. The van der Waals surface area contributed by atoms with Gasteiger partial charge in [-0.3, -0.25) is 4.57 Å². The number of halogens is 1. The van der Waals surface area contributed by atoms with Crippen LogP contribution < -0.4 is 5.32 Å². The van der Waals surface area contributed by atoms with Gasteiger partial charge in [0.1, 0.15) is 0 Å². The molecule has 2 rings (SSSR count). The molecule has 0 spiro atoms. The molecule has 0 amide bonds. The molecule has 0 aliphatic heterocycles. The summed E-state index contributed by atoms with van der Waals surface area (Å²) in [6.07, 6.45) is -0.434. The molecule has 0 saturated carbocycles. The van der Waals surface area contributed by atoms with E-state index < -0.39 is 13.4 Å². The number of hydrogen-bond donors (Lipinski definition) is 1. The molecule has 1 atom stereocenters. The Morgan fingerprint density at radius 3 is 2.04 bits per heavy atom. The minimum atomic E-state index is -3.47. The number of hydrogen-bond acceptors (Lipinski definition) is 4. The van der Waals surface area contributed by atoms with Gasteiger partial charge in [-0.25, -0.2) is 0 Å². The maximum atomic E-state index is 13.8. The highest BCUT2D eigenvalue weighted by molar-refractivity contribution is 14.1. The van der Waals surface area contributed by atoms with Gasteiger partial charge in [-0.05, 0) is 86.5 Å². The fourth-order valence-electron chi connectivity index (χ4n) is 2.65. The van der Waals surface area contributed by atoms with Gasteiger partial charge in [-0.2, -0.15) is 0 Å². The standard InChI is InChI=1S/C20H27INO3P/c1-14(2)24-26(23,25-15(3)4)20(17-9-7-6-8-10-17)22-19-12-11-18(21)13-16(19)5/h6-15,20,22H,1-5H3. The highest BCUT2D eigenvalue weighted by Gasteiger charge is 2.39. The van der Waals surface area contributed by atoms with Crippen LogP contribution in [0.2, 0.25) is 0 Å². The third kappa shape index (κ3) is 5.81. The van der Waals surface area contributed by atoms with E-state index in [9.17, 15) is 4.57 Å². The van der Waals surface area contributed by atoms with E-state index in [-0.39, 0.29) is 12.2 Å². The van der Waals surface area contributed by atoms with Crippen molar-refractivity contribution in [2.75, 3.05) is 5.32 Å². The second kappa shape index (κ2) is 9.36. The average molecular weight is 487 g/mol. The van der Waals surface area contributed by atoms with Crippen molar-refractivity contribution in [3.8, 4) is 0 Å². The van der Waals surface area contributed by atoms with Gasteiger partial charge in [-0.1, -0.05) is 30.3 Å². The van der Waals surface area contributed by atoms with Gasteiger partial charge in [0.25, 0.3) is 0 Å². The maximum absolute atomic E-state index is 13.8. The van der Waals surface area contributed by atoms with Crippen LogP contribution in [0.3, 0.4) is 0 Å². The molecular formula is C20H27INO3P. The summed E-state index contributed by atoms with van der Waals surface area (Å²) in [6.45, 7) is 9.51. The minimum absolute atomic E-state index is 0.217. The van der Waals surface area contributed by atoms with Crippen LogP contribution in [0.5, 0.6) is 0 Å². The van der Waals surface area contributed by atoms with Crippen molar-refractivity contribution in [2.24, 2.45) is 0 Å². The smallest absolute Gasteiger partial charge is 0.357 e. The summed E-state index contributed by atoms with van der Waals surface area (Å²) in [5.74, 6) is -0.590. The van der Waals surface area contributed by atoms with Crippen LogP contribution in [-0.4, -0.2) is 12.2 Å². The molecule has 6 heteroatoms. The lowest BCUT2D eigenvalue weighted by Crippen LogP contribution is -2.19. The van der Waals surface area contributed by atoms with Gasteiger partial charge in [-0.15, -0.1) is 0 Å². The van der Waals surface area contributed by atoms with Crippen molar-refractivity contribution in [1.29, 1.82) is 0 Å². The third-order valence-electron chi connectivity index (χ3n) is 3.63. The summed E-state index contributed by atoms with van der Waals surface area (Å²) in [5, 5.41) is 3.43. The van der Waals surface area contributed by atoms with Crippen LogP contribution >= 0.6 is 30.2 Å². The summed E-state index contributed by atoms with van der Waals surface area (Å²) < 4.78 is 26.7. The van der Waals surface area contributed by atoms with Gasteiger partial charge in [0.05, 0.1) is 12.2 Å². The summed E-state index contributed by atoms with van der Waals surface area (Å²) in [5.41, 5.74) is 2.87. The number of aryl methyl sites for hydroxylation is 1. The first-order valence-electron chi connectivity index (χ1n) is 8.75. The Balaban J connectivity index is 2.50. The average Bonchev–Trinajstić information content (AvgIpc) is 2.53. The van der Waals surface area contributed by atoms with Crippen LogP contribution in [0, 0.1) is 10.5 Å². The highest BCUT2D eigenvalue weighted by atomic mass is 127. The largest absolute Gasteiger partial charge is 0.368 e. The minimum Gasteiger partial charge on any atom is -0.368 e. The summed E-state index contributed by atoms with van der Waals surface area (Å²) >= 11 is 2.28. The molecule has 2 aromatic carbocycles. The van der Waals surface area contributed by atoms with Crippen LogP contribution in [-0.2, 0) is 13.6 Å².